The average Bonchev–Trinajstić information content (AvgIpc) is 3.08. The fourth-order valence-corrected chi connectivity index (χ4v) is 2.27. The molecule has 1 aromatic carbocycles. The second-order valence-corrected chi connectivity index (χ2v) is 5.05. The van der Waals surface area contributed by atoms with Crippen LogP contribution >= 0.6 is 0 Å². The molecular formula is C17H16N2O2. The molecule has 4 nitrogen and oxygen atoms in total. The Morgan fingerprint density at radius 2 is 2.14 bits per heavy atom. The van der Waals surface area contributed by atoms with Gasteiger partial charge in [-0.05, 0) is 31.0 Å². The van der Waals surface area contributed by atoms with Gasteiger partial charge in [0.25, 0.3) is 5.91 Å². The van der Waals surface area contributed by atoms with Crippen molar-refractivity contribution in [2.45, 2.75) is 19.8 Å². The summed E-state index contributed by atoms with van der Waals surface area (Å²) < 4.78 is 5.20. The molecule has 0 fully saturated rings. The molecule has 1 amide bonds. The third kappa shape index (κ3) is 3.28. The van der Waals surface area contributed by atoms with Crippen LogP contribution in [0.5, 0.6) is 0 Å². The van der Waals surface area contributed by atoms with Crippen molar-refractivity contribution in [2.75, 3.05) is 0 Å². The molecule has 0 radical (unpaired) electrons. The van der Waals surface area contributed by atoms with Gasteiger partial charge in [0, 0.05) is 12.5 Å². The Hall–Kier alpha value is -2.62. The highest BCUT2D eigenvalue weighted by Crippen LogP contribution is 2.14. The Labute approximate surface area is 123 Å². The van der Waals surface area contributed by atoms with Crippen LogP contribution in [-0.4, -0.2) is 11.7 Å². The average molecular weight is 280 g/mol. The number of aryl methyl sites for hydroxylation is 2. The van der Waals surface area contributed by atoms with Crippen molar-refractivity contribution >= 4 is 17.8 Å². The monoisotopic (exact) mass is 280 g/mol. The van der Waals surface area contributed by atoms with Crippen LogP contribution in [0.25, 0.3) is 6.08 Å². The molecule has 2 aromatic rings. The van der Waals surface area contributed by atoms with Gasteiger partial charge in [-0.3, -0.25) is 4.79 Å². The summed E-state index contributed by atoms with van der Waals surface area (Å²) in [6, 6.07) is 11.9. The molecule has 0 saturated heterocycles. The van der Waals surface area contributed by atoms with Crippen molar-refractivity contribution in [3.63, 3.8) is 0 Å². The molecule has 0 unspecified atom stereocenters. The van der Waals surface area contributed by atoms with Crippen LogP contribution in [0.3, 0.4) is 0 Å². The Morgan fingerprint density at radius 1 is 1.24 bits per heavy atom. The topological polar surface area (TPSA) is 54.6 Å². The van der Waals surface area contributed by atoms with Crippen LogP contribution < -0.4 is 5.32 Å². The Bertz CT molecular complexity index is 712. The summed E-state index contributed by atoms with van der Waals surface area (Å²) in [7, 11) is 0. The molecule has 1 aliphatic heterocycles. The van der Waals surface area contributed by atoms with Gasteiger partial charge in [-0.15, -0.1) is 0 Å². The first kappa shape index (κ1) is 13.4. The summed E-state index contributed by atoms with van der Waals surface area (Å²) in [5.74, 6) is 1.16. The Kier molecular flexibility index (Phi) is 3.69. The third-order valence-corrected chi connectivity index (χ3v) is 3.30. The Morgan fingerprint density at radius 3 is 2.90 bits per heavy atom. The van der Waals surface area contributed by atoms with E-state index in [2.05, 4.69) is 35.4 Å². The van der Waals surface area contributed by atoms with Crippen molar-refractivity contribution < 1.29 is 9.21 Å². The fourth-order valence-electron chi connectivity index (χ4n) is 2.27. The lowest BCUT2D eigenvalue weighted by molar-refractivity contribution is -0.115. The number of amides is 1. The van der Waals surface area contributed by atoms with E-state index in [4.69, 9.17) is 4.42 Å². The molecule has 0 saturated carbocycles. The van der Waals surface area contributed by atoms with Gasteiger partial charge in [-0.1, -0.05) is 29.8 Å². The lowest BCUT2D eigenvalue weighted by Crippen LogP contribution is -2.24. The second-order valence-electron chi connectivity index (χ2n) is 5.05. The van der Waals surface area contributed by atoms with E-state index in [-0.39, 0.29) is 5.91 Å². The maximum absolute atomic E-state index is 11.8. The zero-order valence-electron chi connectivity index (χ0n) is 11.8. The van der Waals surface area contributed by atoms with Crippen LogP contribution in [0.1, 0.15) is 23.3 Å². The molecular weight excluding hydrogens is 264 g/mol. The number of rotatable bonds is 4. The molecule has 21 heavy (non-hydrogen) atoms. The molecule has 1 aliphatic rings. The largest absolute Gasteiger partial charge is 0.465 e. The standard InChI is InChI=1S/C17H16N2O2/c1-12-4-2-5-13(10-12)7-8-16-18-15(17(20)19-16)11-14-6-3-9-21-14/h2-6,9-11H,7-8H2,1H3,(H,18,19,20)/b15-11+. The van der Waals surface area contributed by atoms with Gasteiger partial charge in [0.05, 0.1) is 6.26 Å². The zero-order chi connectivity index (χ0) is 14.7. The van der Waals surface area contributed by atoms with Gasteiger partial charge in [-0.25, -0.2) is 4.99 Å². The third-order valence-electron chi connectivity index (χ3n) is 3.30. The maximum atomic E-state index is 11.8. The number of carbonyl (C=O) groups is 1. The molecule has 106 valence electrons. The highest BCUT2D eigenvalue weighted by Gasteiger charge is 2.19. The number of aliphatic imine (C=N–C) groups is 1. The van der Waals surface area contributed by atoms with Crippen LogP contribution in [0.15, 0.2) is 57.8 Å². The van der Waals surface area contributed by atoms with Gasteiger partial charge in [0.15, 0.2) is 0 Å². The number of hydrogen-bond donors (Lipinski definition) is 1. The van der Waals surface area contributed by atoms with Crippen molar-refractivity contribution in [2.24, 2.45) is 4.99 Å². The van der Waals surface area contributed by atoms with E-state index in [1.807, 2.05) is 6.07 Å². The van der Waals surface area contributed by atoms with Gasteiger partial charge in [-0.2, -0.15) is 0 Å². The predicted octanol–water partition coefficient (Wildman–Crippen LogP) is 3.09. The SMILES string of the molecule is Cc1cccc(CCC2=N/C(=C/c3ccco3)C(=O)N2)c1. The van der Waals surface area contributed by atoms with E-state index >= 15 is 0 Å². The number of carbonyl (C=O) groups excluding carboxylic acids is 1. The minimum absolute atomic E-state index is 0.175. The lowest BCUT2D eigenvalue weighted by atomic mass is 10.1. The highest BCUT2D eigenvalue weighted by atomic mass is 16.3. The first-order chi connectivity index (χ1) is 10.2. The normalized spacial score (nSPS) is 16.1. The molecule has 0 bridgehead atoms. The molecule has 1 N–H and O–H groups in total. The summed E-state index contributed by atoms with van der Waals surface area (Å²) >= 11 is 0. The lowest BCUT2D eigenvalue weighted by Gasteiger charge is -2.02. The Balaban J connectivity index is 1.68. The van der Waals surface area contributed by atoms with Gasteiger partial charge in [0.2, 0.25) is 0 Å². The summed E-state index contributed by atoms with van der Waals surface area (Å²) in [6.07, 6.45) is 4.79. The first-order valence-corrected chi connectivity index (χ1v) is 6.90. The van der Waals surface area contributed by atoms with Crippen molar-refractivity contribution in [3.05, 3.63) is 65.2 Å². The molecule has 3 rings (SSSR count). The van der Waals surface area contributed by atoms with Crippen LogP contribution in [-0.2, 0) is 11.2 Å². The number of furan rings is 1. The molecule has 0 aliphatic carbocycles. The van der Waals surface area contributed by atoms with E-state index in [0.717, 1.165) is 6.42 Å². The van der Waals surface area contributed by atoms with Crippen molar-refractivity contribution in [3.8, 4) is 0 Å². The highest BCUT2D eigenvalue weighted by molar-refractivity contribution is 6.14. The second kappa shape index (κ2) is 5.79. The number of nitrogens with zero attached hydrogens (tertiary/aromatic N) is 1. The summed E-state index contributed by atoms with van der Waals surface area (Å²) in [4.78, 5) is 16.2. The number of nitrogens with one attached hydrogen (secondary N) is 1. The van der Waals surface area contributed by atoms with Gasteiger partial charge in [0.1, 0.15) is 17.3 Å². The van der Waals surface area contributed by atoms with Crippen LogP contribution in [0.4, 0.5) is 0 Å². The summed E-state index contributed by atoms with van der Waals surface area (Å²) in [5.41, 5.74) is 2.88. The van der Waals surface area contributed by atoms with Crippen molar-refractivity contribution in [1.82, 2.24) is 5.32 Å². The minimum atomic E-state index is -0.175. The van der Waals surface area contributed by atoms with Crippen molar-refractivity contribution in [1.29, 1.82) is 0 Å². The van der Waals surface area contributed by atoms with E-state index in [0.29, 0.717) is 23.7 Å². The van der Waals surface area contributed by atoms with Gasteiger partial charge >= 0.3 is 0 Å². The number of benzene rings is 1. The number of amidine groups is 1. The number of hydrogen-bond acceptors (Lipinski definition) is 3. The van der Waals surface area contributed by atoms with E-state index in [1.54, 1.807) is 24.5 Å². The summed E-state index contributed by atoms with van der Waals surface area (Å²) in [6.45, 7) is 2.07. The minimum Gasteiger partial charge on any atom is -0.465 e. The first-order valence-electron chi connectivity index (χ1n) is 6.90. The van der Waals surface area contributed by atoms with E-state index in [1.165, 1.54) is 11.1 Å². The fraction of sp³-hybridized carbons (Fsp3) is 0.176. The molecule has 0 spiro atoms. The molecule has 0 atom stereocenters. The molecule has 4 heteroatoms. The predicted molar refractivity (Wildman–Crippen MR) is 81.8 cm³/mol. The quantitative estimate of drug-likeness (QED) is 0.875. The van der Waals surface area contributed by atoms with Crippen LogP contribution in [0, 0.1) is 6.92 Å². The maximum Gasteiger partial charge on any atom is 0.275 e. The van der Waals surface area contributed by atoms with E-state index in [9.17, 15) is 4.79 Å². The molecule has 2 heterocycles. The zero-order valence-corrected chi connectivity index (χ0v) is 11.8. The smallest absolute Gasteiger partial charge is 0.275 e. The molecule has 1 aromatic heterocycles. The van der Waals surface area contributed by atoms with E-state index < -0.39 is 0 Å². The van der Waals surface area contributed by atoms with Crippen LogP contribution in [0.2, 0.25) is 0 Å². The van der Waals surface area contributed by atoms with Gasteiger partial charge < -0.3 is 9.73 Å². The summed E-state index contributed by atoms with van der Waals surface area (Å²) in [5, 5.41) is 2.80.